The number of ether oxygens (including phenoxy) is 1. The second kappa shape index (κ2) is 9.50. The summed E-state index contributed by atoms with van der Waals surface area (Å²) in [5, 5.41) is 0.924. The number of ketones is 1. The Balaban J connectivity index is 1.41. The zero-order valence-electron chi connectivity index (χ0n) is 18.1. The standard InChI is InChI=1S/C25H28FN3O2/c1-3-16(13-23(30)19-14-28-25(31-2)29-15-19)17-7-9-18(10-8-17)20-11-12-27-24-21(20)5-4-6-22(24)26/h4-6,11-12,14-18H,3,7-10,13H2,1-2H3/t16-,17?,18?/m0/s1. The fourth-order valence-corrected chi connectivity index (χ4v) is 4.98. The topological polar surface area (TPSA) is 65.0 Å². The number of carbonyl (C=O) groups excluding carboxylic acids is 1. The van der Waals surface area contributed by atoms with Crippen LogP contribution in [0.2, 0.25) is 0 Å². The van der Waals surface area contributed by atoms with Crippen LogP contribution < -0.4 is 4.74 Å². The Morgan fingerprint density at radius 2 is 1.87 bits per heavy atom. The first-order valence-corrected chi connectivity index (χ1v) is 11.0. The molecular weight excluding hydrogens is 393 g/mol. The lowest BCUT2D eigenvalue weighted by molar-refractivity contribution is 0.0925. The molecule has 0 radical (unpaired) electrons. The number of carbonyl (C=O) groups is 1. The minimum absolute atomic E-state index is 0.0900. The average molecular weight is 422 g/mol. The summed E-state index contributed by atoms with van der Waals surface area (Å²) in [5.41, 5.74) is 2.20. The lowest BCUT2D eigenvalue weighted by Crippen LogP contribution is -2.23. The van der Waals surface area contributed by atoms with Crippen molar-refractivity contribution in [1.82, 2.24) is 15.0 Å². The molecule has 0 spiro atoms. The van der Waals surface area contributed by atoms with Gasteiger partial charge in [0.1, 0.15) is 11.3 Å². The van der Waals surface area contributed by atoms with Crippen LogP contribution in [-0.2, 0) is 0 Å². The molecule has 0 unspecified atom stereocenters. The van der Waals surface area contributed by atoms with Crippen molar-refractivity contribution in [3.63, 3.8) is 0 Å². The van der Waals surface area contributed by atoms with Gasteiger partial charge >= 0.3 is 6.01 Å². The highest BCUT2D eigenvalue weighted by Crippen LogP contribution is 2.42. The van der Waals surface area contributed by atoms with Crippen LogP contribution in [0.5, 0.6) is 6.01 Å². The Hall–Kier alpha value is -2.89. The number of methoxy groups -OCH3 is 1. The zero-order valence-corrected chi connectivity index (χ0v) is 18.1. The smallest absolute Gasteiger partial charge is 0.316 e. The number of rotatable bonds is 7. The van der Waals surface area contributed by atoms with E-state index in [4.69, 9.17) is 4.74 Å². The summed E-state index contributed by atoms with van der Waals surface area (Å²) in [4.78, 5) is 25.1. The Morgan fingerprint density at radius 3 is 2.55 bits per heavy atom. The molecule has 162 valence electrons. The van der Waals surface area contributed by atoms with E-state index in [-0.39, 0.29) is 17.6 Å². The molecule has 0 saturated heterocycles. The number of aromatic nitrogens is 3. The molecule has 0 N–H and O–H groups in total. The van der Waals surface area contributed by atoms with Crippen LogP contribution in [0.1, 0.15) is 67.3 Å². The van der Waals surface area contributed by atoms with Crippen LogP contribution >= 0.6 is 0 Å². The monoisotopic (exact) mass is 421 g/mol. The molecule has 2 heterocycles. The van der Waals surface area contributed by atoms with Gasteiger partial charge in [-0.25, -0.2) is 14.4 Å². The van der Waals surface area contributed by atoms with E-state index in [9.17, 15) is 9.18 Å². The maximum absolute atomic E-state index is 14.1. The van der Waals surface area contributed by atoms with E-state index in [1.54, 1.807) is 24.7 Å². The normalized spacial score (nSPS) is 19.8. The molecular formula is C25H28FN3O2. The van der Waals surface area contributed by atoms with Gasteiger partial charge in [0.2, 0.25) is 0 Å². The van der Waals surface area contributed by atoms with Crippen molar-refractivity contribution in [2.45, 2.75) is 51.4 Å². The Bertz CT molecular complexity index is 1050. The summed E-state index contributed by atoms with van der Waals surface area (Å²) in [6.45, 7) is 2.16. The van der Waals surface area contributed by atoms with Gasteiger partial charge < -0.3 is 4.74 Å². The molecule has 1 aliphatic carbocycles. The van der Waals surface area contributed by atoms with Crippen molar-refractivity contribution in [3.05, 3.63) is 59.8 Å². The molecule has 1 atom stereocenters. The third kappa shape index (κ3) is 4.58. The number of hydrogen-bond donors (Lipinski definition) is 0. The fourth-order valence-electron chi connectivity index (χ4n) is 4.98. The van der Waals surface area contributed by atoms with Gasteiger partial charge in [-0.3, -0.25) is 9.78 Å². The Morgan fingerprint density at radius 1 is 1.13 bits per heavy atom. The van der Waals surface area contributed by atoms with Crippen LogP contribution in [0.4, 0.5) is 4.39 Å². The van der Waals surface area contributed by atoms with E-state index in [0.717, 1.165) is 37.5 Å². The van der Waals surface area contributed by atoms with E-state index in [2.05, 4.69) is 21.9 Å². The van der Waals surface area contributed by atoms with Gasteiger partial charge in [-0.2, -0.15) is 0 Å². The van der Waals surface area contributed by atoms with Crippen LogP contribution in [0, 0.1) is 17.7 Å². The number of halogens is 1. The molecule has 6 heteroatoms. The third-order valence-corrected chi connectivity index (χ3v) is 6.74. The zero-order chi connectivity index (χ0) is 21.8. The second-order valence-corrected chi connectivity index (χ2v) is 8.40. The third-order valence-electron chi connectivity index (χ3n) is 6.74. The summed E-state index contributed by atoms with van der Waals surface area (Å²) in [6, 6.07) is 7.50. The van der Waals surface area contributed by atoms with Crippen LogP contribution in [0.3, 0.4) is 0 Å². The van der Waals surface area contributed by atoms with Gasteiger partial charge in [0.25, 0.3) is 0 Å². The molecule has 2 aromatic heterocycles. The largest absolute Gasteiger partial charge is 0.467 e. The van der Waals surface area contributed by atoms with E-state index >= 15 is 0 Å². The van der Waals surface area contributed by atoms with Crippen molar-refractivity contribution >= 4 is 16.7 Å². The highest BCUT2D eigenvalue weighted by Gasteiger charge is 2.30. The molecule has 1 saturated carbocycles. The minimum Gasteiger partial charge on any atom is -0.467 e. The number of nitrogens with zero attached hydrogens (tertiary/aromatic N) is 3. The van der Waals surface area contributed by atoms with Gasteiger partial charge in [-0.15, -0.1) is 0 Å². The molecule has 3 aromatic rings. The van der Waals surface area contributed by atoms with Gasteiger partial charge in [-0.05, 0) is 61.1 Å². The Kier molecular flexibility index (Phi) is 6.54. The maximum Gasteiger partial charge on any atom is 0.316 e. The van der Waals surface area contributed by atoms with Crippen molar-refractivity contribution in [2.24, 2.45) is 11.8 Å². The predicted octanol–water partition coefficient (Wildman–Crippen LogP) is 5.75. The minimum atomic E-state index is -0.264. The van der Waals surface area contributed by atoms with Gasteiger partial charge in [0, 0.05) is 30.4 Å². The SMILES string of the molecule is CC[C@@H](CC(=O)c1cnc(OC)nc1)C1CCC(c2ccnc3c(F)cccc23)CC1. The molecule has 0 amide bonds. The number of fused-ring (bicyclic) bond motifs is 1. The van der Waals surface area contributed by atoms with Crippen molar-refractivity contribution in [1.29, 1.82) is 0 Å². The number of benzene rings is 1. The van der Waals surface area contributed by atoms with Gasteiger partial charge in [0.15, 0.2) is 5.78 Å². The van der Waals surface area contributed by atoms with E-state index in [0.29, 0.717) is 35.3 Å². The molecule has 4 rings (SSSR count). The lowest BCUT2D eigenvalue weighted by Gasteiger charge is -2.34. The Labute approximate surface area is 182 Å². The lowest BCUT2D eigenvalue weighted by atomic mass is 9.71. The number of Topliss-reactive ketones (excluding diaryl/α,β-unsaturated/α-hetero) is 1. The summed E-state index contributed by atoms with van der Waals surface area (Å²) in [7, 11) is 1.51. The number of pyridine rings is 1. The molecule has 31 heavy (non-hydrogen) atoms. The quantitative estimate of drug-likeness (QED) is 0.455. The van der Waals surface area contributed by atoms with Crippen molar-refractivity contribution in [2.75, 3.05) is 7.11 Å². The van der Waals surface area contributed by atoms with Crippen LogP contribution in [0.25, 0.3) is 10.9 Å². The summed E-state index contributed by atoms with van der Waals surface area (Å²) in [6.07, 6.45) is 10.6. The molecule has 5 nitrogen and oxygen atoms in total. The molecule has 1 aliphatic rings. The summed E-state index contributed by atoms with van der Waals surface area (Å²) >= 11 is 0. The number of hydrogen-bond acceptors (Lipinski definition) is 5. The summed E-state index contributed by atoms with van der Waals surface area (Å²) in [5.74, 6) is 1.11. The molecule has 1 aromatic carbocycles. The van der Waals surface area contributed by atoms with Gasteiger partial charge in [-0.1, -0.05) is 25.5 Å². The molecule has 1 fully saturated rings. The summed E-state index contributed by atoms with van der Waals surface area (Å²) < 4.78 is 19.1. The first kappa shape index (κ1) is 21.3. The van der Waals surface area contributed by atoms with Crippen molar-refractivity contribution in [3.8, 4) is 6.01 Å². The van der Waals surface area contributed by atoms with Crippen molar-refractivity contribution < 1.29 is 13.9 Å². The number of para-hydroxylation sites is 1. The average Bonchev–Trinajstić information content (AvgIpc) is 2.82. The highest BCUT2D eigenvalue weighted by atomic mass is 19.1. The van der Waals surface area contributed by atoms with Crippen LogP contribution in [-0.4, -0.2) is 27.8 Å². The van der Waals surface area contributed by atoms with E-state index in [1.165, 1.54) is 18.7 Å². The first-order chi connectivity index (χ1) is 15.1. The van der Waals surface area contributed by atoms with Crippen LogP contribution in [0.15, 0.2) is 42.9 Å². The first-order valence-electron chi connectivity index (χ1n) is 11.0. The van der Waals surface area contributed by atoms with E-state index < -0.39 is 0 Å². The predicted molar refractivity (Wildman–Crippen MR) is 118 cm³/mol. The molecule has 0 aliphatic heterocycles. The molecule has 0 bridgehead atoms. The van der Waals surface area contributed by atoms with E-state index in [1.807, 2.05) is 12.1 Å². The highest BCUT2D eigenvalue weighted by molar-refractivity contribution is 5.95. The van der Waals surface area contributed by atoms with Gasteiger partial charge in [0.05, 0.1) is 12.7 Å². The maximum atomic E-state index is 14.1. The second-order valence-electron chi connectivity index (χ2n) is 8.40. The fraction of sp³-hybridized carbons (Fsp3) is 0.440.